The first-order chi connectivity index (χ1) is 13.1. The van der Waals surface area contributed by atoms with Gasteiger partial charge in [-0.3, -0.25) is 4.79 Å². The monoisotopic (exact) mass is 365 g/mol. The van der Waals surface area contributed by atoms with E-state index in [4.69, 9.17) is 9.84 Å². The molecule has 0 bridgehead atoms. The van der Waals surface area contributed by atoms with Gasteiger partial charge in [0.2, 0.25) is 0 Å². The van der Waals surface area contributed by atoms with Gasteiger partial charge in [0.05, 0.1) is 6.42 Å². The molecule has 2 atom stereocenters. The smallest absolute Gasteiger partial charge is 0.407 e. The van der Waals surface area contributed by atoms with Crippen LogP contribution in [0.1, 0.15) is 42.7 Å². The SMILES string of the molecule is O=C(O)C[C@H]1CCC[C@@H]1NC(=O)OCC1c2ccccc2-c2ccccc21. The molecule has 0 heterocycles. The summed E-state index contributed by atoms with van der Waals surface area (Å²) in [5.74, 6) is -0.800. The van der Waals surface area contributed by atoms with E-state index in [9.17, 15) is 9.59 Å². The maximum atomic E-state index is 12.3. The summed E-state index contributed by atoms with van der Waals surface area (Å²) in [5, 5.41) is 11.9. The average molecular weight is 365 g/mol. The molecule has 2 aliphatic carbocycles. The summed E-state index contributed by atoms with van der Waals surface area (Å²) in [4.78, 5) is 23.3. The molecule has 2 N–H and O–H groups in total. The lowest BCUT2D eigenvalue weighted by Gasteiger charge is -2.20. The Hall–Kier alpha value is -2.82. The Balaban J connectivity index is 1.42. The lowest BCUT2D eigenvalue weighted by Crippen LogP contribution is -2.38. The number of hydrogen-bond acceptors (Lipinski definition) is 3. The zero-order valence-electron chi connectivity index (χ0n) is 15.1. The van der Waals surface area contributed by atoms with Crippen LogP contribution in [0.5, 0.6) is 0 Å². The Bertz CT molecular complexity index is 817. The number of amides is 1. The second-order valence-corrected chi connectivity index (χ2v) is 7.37. The van der Waals surface area contributed by atoms with Crippen LogP contribution in [-0.4, -0.2) is 29.8 Å². The number of carboxylic acid groups (broad SMARTS) is 1. The predicted octanol–water partition coefficient (Wildman–Crippen LogP) is 4.17. The fourth-order valence-corrected chi connectivity index (χ4v) is 4.49. The Morgan fingerprint density at radius 3 is 2.26 bits per heavy atom. The number of alkyl carbamates (subject to hydrolysis) is 1. The lowest BCUT2D eigenvalue weighted by atomic mass is 9.98. The van der Waals surface area contributed by atoms with Gasteiger partial charge in [0.1, 0.15) is 6.61 Å². The lowest BCUT2D eigenvalue weighted by molar-refractivity contribution is -0.138. The number of carbonyl (C=O) groups is 2. The van der Waals surface area contributed by atoms with Crippen molar-refractivity contribution in [3.63, 3.8) is 0 Å². The molecule has 5 heteroatoms. The van der Waals surface area contributed by atoms with Gasteiger partial charge in [-0.05, 0) is 41.0 Å². The summed E-state index contributed by atoms with van der Waals surface area (Å²) in [6.45, 7) is 0.274. The first kappa shape index (κ1) is 17.6. The molecule has 2 aliphatic rings. The van der Waals surface area contributed by atoms with Crippen molar-refractivity contribution in [3.8, 4) is 11.1 Å². The van der Waals surface area contributed by atoms with E-state index in [1.807, 2.05) is 24.3 Å². The van der Waals surface area contributed by atoms with Crippen LogP contribution >= 0.6 is 0 Å². The minimum absolute atomic E-state index is 0.0111. The molecule has 1 saturated carbocycles. The van der Waals surface area contributed by atoms with Crippen molar-refractivity contribution in [2.45, 2.75) is 37.6 Å². The van der Waals surface area contributed by atoms with Crippen LogP contribution in [0.2, 0.25) is 0 Å². The minimum Gasteiger partial charge on any atom is -0.481 e. The molecule has 2 aromatic rings. The Morgan fingerprint density at radius 2 is 1.63 bits per heavy atom. The molecule has 2 aromatic carbocycles. The highest BCUT2D eigenvalue weighted by Gasteiger charge is 2.32. The van der Waals surface area contributed by atoms with Crippen molar-refractivity contribution in [3.05, 3.63) is 59.7 Å². The zero-order chi connectivity index (χ0) is 18.8. The largest absolute Gasteiger partial charge is 0.481 e. The van der Waals surface area contributed by atoms with Gasteiger partial charge in [0.15, 0.2) is 0 Å². The Morgan fingerprint density at radius 1 is 1.00 bits per heavy atom. The fraction of sp³-hybridized carbons (Fsp3) is 0.364. The van der Waals surface area contributed by atoms with E-state index in [0.29, 0.717) is 0 Å². The third-order valence-electron chi connectivity index (χ3n) is 5.74. The highest BCUT2D eigenvalue weighted by atomic mass is 16.5. The molecular formula is C22H23NO4. The number of benzene rings is 2. The van der Waals surface area contributed by atoms with E-state index < -0.39 is 12.1 Å². The van der Waals surface area contributed by atoms with Crippen LogP contribution in [0.3, 0.4) is 0 Å². The van der Waals surface area contributed by atoms with Crippen molar-refractivity contribution >= 4 is 12.1 Å². The number of carboxylic acids is 1. The fourth-order valence-electron chi connectivity index (χ4n) is 4.49. The van der Waals surface area contributed by atoms with Crippen LogP contribution in [-0.2, 0) is 9.53 Å². The van der Waals surface area contributed by atoms with E-state index in [1.54, 1.807) is 0 Å². The summed E-state index contributed by atoms with van der Waals surface area (Å²) in [7, 11) is 0. The van der Waals surface area contributed by atoms with Crippen LogP contribution in [0.15, 0.2) is 48.5 Å². The average Bonchev–Trinajstić information content (AvgIpc) is 3.22. The highest BCUT2D eigenvalue weighted by Crippen LogP contribution is 2.44. The number of nitrogens with one attached hydrogen (secondary N) is 1. The third kappa shape index (κ3) is 3.54. The maximum Gasteiger partial charge on any atom is 0.407 e. The summed E-state index contributed by atoms with van der Waals surface area (Å²) in [6, 6.07) is 16.3. The second kappa shape index (κ2) is 7.43. The molecule has 0 aromatic heterocycles. The topological polar surface area (TPSA) is 75.6 Å². The minimum atomic E-state index is -0.818. The first-order valence-corrected chi connectivity index (χ1v) is 9.47. The molecule has 0 spiro atoms. The molecule has 0 unspecified atom stereocenters. The van der Waals surface area contributed by atoms with Gasteiger partial charge in [0.25, 0.3) is 0 Å². The van der Waals surface area contributed by atoms with E-state index >= 15 is 0 Å². The molecule has 0 aliphatic heterocycles. The molecule has 4 rings (SSSR count). The quantitative estimate of drug-likeness (QED) is 0.834. The molecule has 0 saturated heterocycles. The normalized spacial score (nSPS) is 20.7. The number of carbonyl (C=O) groups excluding carboxylic acids is 1. The van der Waals surface area contributed by atoms with Crippen molar-refractivity contribution in [2.24, 2.45) is 5.92 Å². The second-order valence-electron chi connectivity index (χ2n) is 7.37. The van der Waals surface area contributed by atoms with Gasteiger partial charge in [0, 0.05) is 12.0 Å². The molecule has 1 amide bonds. The van der Waals surface area contributed by atoms with Crippen molar-refractivity contribution in [1.29, 1.82) is 0 Å². The third-order valence-corrected chi connectivity index (χ3v) is 5.74. The summed E-state index contributed by atoms with van der Waals surface area (Å²) in [6.07, 6.45) is 2.21. The molecule has 1 fully saturated rings. The van der Waals surface area contributed by atoms with Gasteiger partial charge < -0.3 is 15.2 Å². The van der Waals surface area contributed by atoms with Crippen LogP contribution in [0, 0.1) is 5.92 Å². The molecule has 140 valence electrons. The number of rotatable bonds is 5. The van der Waals surface area contributed by atoms with Crippen molar-refractivity contribution in [2.75, 3.05) is 6.61 Å². The standard InChI is InChI=1S/C22H23NO4/c24-21(25)12-14-6-5-11-20(14)23-22(26)27-13-19-17-9-3-1-7-15(17)16-8-2-4-10-18(16)19/h1-4,7-10,14,19-20H,5-6,11-13H2,(H,23,26)(H,24,25)/t14-,20+/m1/s1. The molecular weight excluding hydrogens is 342 g/mol. The summed E-state index contributed by atoms with van der Waals surface area (Å²) >= 11 is 0. The predicted molar refractivity (Wildman–Crippen MR) is 102 cm³/mol. The maximum absolute atomic E-state index is 12.3. The Kier molecular flexibility index (Phi) is 4.84. The number of aliphatic carboxylic acids is 1. The van der Waals surface area contributed by atoms with Crippen LogP contribution < -0.4 is 5.32 Å². The van der Waals surface area contributed by atoms with Gasteiger partial charge in [-0.1, -0.05) is 55.0 Å². The van der Waals surface area contributed by atoms with E-state index in [0.717, 1.165) is 19.3 Å². The van der Waals surface area contributed by atoms with Crippen LogP contribution in [0.25, 0.3) is 11.1 Å². The number of ether oxygens (including phenoxy) is 1. The molecule has 27 heavy (non-hydrogen) atoms. The summed E-state index contributed by atoms with van der Waals surface area (Å²) < 4.78 is 5.56. The first-order valence-electron chi connectivity index (χ1n) is 9.47. The van der Waals surface area contributed by atoms with E-state index in [2.05, 4.69) is 29.6 Å². The van der Waals surface area contributed by atoms with Crippen LogP contribution in [0.4, 0.5) is 4.79 Å². The van der Waals surface area contributed by atoms with Crippen molar-refractivity contribution < 1.29 is 19.4 Å². The van der Waals surface area contributed by atoms with Gasteiger partial charge in [-0.25, -0.2) is 4.79 Å². The summed E-state index contributed by atoms with van der Waals surface area (Å²) in [5.41, 5.74) is 4.74. The van der Waals surface area contributed by atoms with Crippen molar-refractivity contribution in [1.82, 2.24) is 5.32 Å². The van der Waals surface area contributed by atoms with E-state index in [1.165, 1.54) is 22.3 Å². The van der Waals surface area contributed by atoms with E-state index in [-0.39, 0.29) is 30.9 Å². The number of hydrogen-bond donors (Lipinski definition) is 2. The highest BCUT2D eigenvalue weighted by molar-refractivity contribution is 5.79. The van der Waals surface area contributed by atoms with Gasteiger partial charge in [-0.15, -0.1) is 0 Å². The molecule has 0 radical (unpaired) electrons. The zero-order valence-corrected chi connectivity index (χ0v) is 15.1. The van der Waals surface area contributed by atoms with Gasteiger partial charge >= 0.3 is 12.1 Å². The van der Waals surface area contributed by atoms with Gasteiger partial charge in [-0.2, -0.15) is 0 Å². The Labute approximate surface area is 158 Å². The molecule has 5 nitrogen and oxygen atoms in total. The number of fused-ring (bicyclic) bond motifs is 3.